The molecule has 0 amide bonds. The van der Waals surface area contributed by atoms with E-state index >= 15 is 4.39 Å². The monoisotopic (exact) mass is 484 g/mol. The summed E-state index contributed by atoms with van der Waals surface area (Å²) < 4.78 is 20.7. The average Bonchev–Trinajstić information content (AvgIpc) is 3.26. The fourth-order valence-electron chi connectivity index (χ4n) is 5.08. The van der Waals surface area contributed by atoms with Crippen LogP contribution in [0.1, 0.15) is 47.9 Å². The van der Waals surface area contributed by atoms with Crippen LogP contribution < -0.4 is 4.74 Å². The third-order valence-corrected chi connectivity index (χ3v) is 8.20. The van der Waals surface area contributed by atoms with Gasteiger partial charge < -0.3 is 14.7 Å². The molecule has 0 saturated carbocycles. The highest BCUT2D eigenvalue weighted by molar-refractivity contribution is 7.10. The van der Waals surface area contributed by atoms with Crippen molar-refractivity contribution in [3.05, 3.63) is 57.9 Å². The summed E-state index contributed by atoms with van der Waals surface area (Å²) >= 11 is 1.79. The fourth-order valence-corrected chi connectivity index (χ4v) is 6.04. The molecule has 0 bridgehead atoms. The summed E-state index contributed by atoms with van der Waals surface area (Å²) in [5.74, 6) is -0.548. The number of carbonyl (C=O) groups is 1. The number of nitrogens with zero attached hydrogens (tertiary/aromatic N) is 2. The molecule has 7 heteroatoms. The van der Waals surface area contributed by atoms with Crippen molar-refractivity contribution in [1.82, 2.24) is 9.88 Å². The minimum Gasteiger partial charge on any atom is -0.497 e. The third-order valence-electron chi connectivity index (χ3n) is 7.11. The highest BCUT2D eigenvalue weighted by Gasteiger charge is 2.34. The molecule has 0 spiro atoms. The van der Waals surface area contributed by atoms with Gasteiger partial charge in [-0.05, 0) is 105 Å². The van der Waals surface area contributed by atoms with Crippen LogP contribution in [-0.2, 0) is 11.2 Å². The largest absolute Gasteiger partial charge is 0.497 e. The van der Waals surface area contributed by atoms with Crippen LogP contribution in [0, 0.1) is 18.8 Å². The van der Waals surface area contributed by atoms with E-state index in [4.69, 9.17) is 4.74 Å². The van der Waals surface area contributed by atoms with Crippen LogP contribution in [-0.4, -0.2) is 47.7 Å². The first-order chi connectivity index (χ1) is 16.5. The number of aryl methyl sites for hydroxylation is 2. The van der Waals surface area contributed by atoms with Gasteiger partial charge in [0, 0.05) is 23.0 Å². The number of carboxylic acids is 1. The number of fused-ring (bicyclic) bond motifs is 1. The zero-order valence-electron chi connectivity index (χ0n) is 19.9. The Labute approximate surface area is 204 Å². The van der Waals surface area contributed by atoms with E-state index in [0.29, 0.717) is 30.7 Å². The first kappa shape index (κ1) is 24.6. The molecule has 4 rings (SSSR count). The first-order valence-corrected chi connectivity index (χ1v) is 12.9. The second-order valence-corrected chi connectivity index (χ2v) is 10.3. The maximum absolute atomic E-state index is 15.4. The van der Waals surface area contributed by atoms with Crippen molar-refractivity contribution >= 4 is 28.2 Å². The quantitative estimate of drug-likeness (QED) is 0.379. The van der Waals surface area contributed by atoms with Gasteiger partial charge in [0.1, 0.15) is 11.9 Å². The Morgan fingerprint density at radius 3 is 2.94 bits per heavy atom. The number of piperidine rings is 1. The number of hydrogen-bond acceptors (Lipinski definition) is 5. The van der Waals surface area contributed by atoms with E-state index in [2.05, 4.69) is 28.3 Å². The van der Waals surface area contributed by atoms with Gasteiger partial charge in [0.05, 0.1) is 18.5 Å². The van der Waals surface area contributed by atoms with Crippen molar-refractivity contribution in [3.8, 4) is 5.75 Å². The minimum absolute atomic E-state index is 0.00539. The Hall–Kier alpha value is -2.51. The van der Waals surface area contributed by atoms with Crippen LogP contribution in [0.2, 0.25) is 0 Å². The van der Waals surface area contributed by atoms with Gasteiger partial charge >= 0.3 is 5.97 Å². The second kappa shape index (κ2) is 11.3. The lowest BCUT2D eigenvalue weighted by Crippen LogP contribution is -2.44. The molecule has 1 aliphatic heterocycles. The molecule has 1 aromatic carbocycles. The van der Waals surface area contributed by atoms with Crippen LogP contribution >= 0.6 is 11.3 Å². The zero-order valence-corrected chi connectivity index (χ0v) is 20.7. The predicted octanol–water partition coefficient (Wildman–Crippen LogP) is 6.06. The molecular weight excluding hydrogens is 451 g/mol. The summed E-state index contributed by atoms with van der Waals surface area (Å²) in [4.78, 5) is 20.1. The Morgan fingerprint density at radius 1 is 1.35 bits per heavy atom. The zero-order chi connectivity index (χ0) is 24.1. The molecule has 1 N–H and O–H groups in total. The van der Waals surface area contributed by atoms with E-state index in [1.165, 1.54) is 10.4 Å². The van der Waals surface area contributed by atoms with Crippen LogP contribution in [0.4, 0.5) is 4.39 Å². The molecule has 2 aromatic heterocycles. The Balaban J connectivity index is 1.34. The van der Waals surface area contributed by atoms with Crippen LogP contribution in [0.25, 0.3) is 10.9 Å². The number of aliphatic carboxylic acids is 1. The summed E-state index contributed by atoms with van der Waals surface area (Å²) in [6, 6.07) is 9.34. The fraction of sp³-hybridized carbons (Fsp3) is 0.481. The van der Waals surface area contributed by atoms with Crippen molar-refractivity contribution < 1.29 is 19.0 Å². The average molecular weight is 485 g/mol. The number of likely N-dealkylation sites (tertiary alicyclic amines) is 1. The van der Waals surface area contributed by atoms with E-state index in [1.54, 1.807) is 30.7 Å². The molecule has 1 saturated heterocycles. The Morgan fingerprint density at radius 2 is 2.21 bits per heavy atom. The van der Waals surface area contributed by atoms with Crippen LogP contribution in [0.5, 0.6) is 5.75 Å². The number of pyridine rings is 1. The number of hydrogen-bond donors (Lipinski definition) is 1. The molecule has 182 valence electrons. The smallest absolute Gasteiger partial charge is 0.308 e. The summed E-state index contributed by atoms with van der Waals surface area (Å²) in [6.07, 6.45) is 4.20. The molecule has 34 heavy (non-hydrogen) atoms. The van der Waals surface area contributed by atoms with Gasteiger partial charge in [-0.15, -0.1) is 11.3 Å². The number of aromatic nitrogens is 1. The lowest BCUT2D eigenvalue weighted by Gasteiger charge is -2.37. The Kier molecular flexibility index (Phi) is 8.16. The van der Waals surface area contributed by atoms with Crippen molar-refractivity contribution in [2.75, 3.05) is 26.7 Å². The van der Waals surface area contributed by atoms with Crippen molar-refractivity contribution in [2.24, 2.45) is 11.8 Å². The SMILES string of the molecule is COc1ccc2nccc([C@H](F)CC[C@@H]3CCN(CCCc4sccc4C)C[C@@H]3C(=O)O)c2c1. The van der Waals surface area contributed by atoms with Gasteiger partial charge in [-0.25, -0.2) is 4.39 Å². The van der Waals surface area contributed by atoms with Crippen molar-refractivity contribution in [3.63, 3.8) is 0 Å². The number of carboxylic acid groups (broad SMARTS) is 1. The third kappa shape index (κ3) is 5.76. The molecule has 3 heterocycles. The lowest BCUT2D eigenvalue weighted by molar-refractivity contribution is -0.146. The summed E-state index contributed by atoms with van der Waals surface area (Å²) in [5, 5.41) is 12.8. The number of thiophene rings is 1. The molecule has 5 nitrogen and oxygen atoms in total. The highest BCUT2D eigenvalue weighted by atomic mass is 32.1. The van der Waals surface area contributed by atoms with Gasteiger partial charge in [-0.3, -0.25) is 9.78 Å². The van der Waals surface area contributed by atoms with Gasteiger partial charge in [-0.1, -0.05) is 0 Å². The number of ether oxygens (including phenoxy) is 1. The number of alkyl halides is 1. The van der Waals surface area contributed by atoms with Gasteiger partial charge in [0.15, 0.2) is 0 Å². The van der Waals surface area contributed by atoms with Crippen molar-refractivity contribution in [2.45, 2.75) is 45.2 Å². The van der Waals surface area contributed by atoms with Gasteiger partial charge in [0.2, 0.25) is 0 Å². The molecular formula is C27H33FN2O3S. The minimum atomic E-state index is -1.17. The number of rotatable bonds is 10. The van der Waals surface area contributed by atoms with E-state index in [1.807, 2.05) is 18.2 Å². The van der Waals surface area contributed by atoms with Gasteiger partial charge in [-0.2, -0.15) is 0 Å². The number of benzene rings is 1. The molecule has 3 aromatic rings. The molecule has 0 unspecified atom stereocenters. The van der Waals surface area contributed by atoms with E-state index in [9.17, 15) is 9.90 Å². The normalized spacial score (nSPS) is 19.9. The topological polar surface area (TPSA) is 62.7 Å². The van der Waals surface area contributed by atoms with E-state index < -0.39 is 18.1 Å². The van der Waals surface area contributed by atoms with Crippen molar-refractivity contribution in [1.29, 1.82) is 0 Å². The Bertz CT molecular complexity index is 1120. The summed E-state index contributed by atoms with van der Waals surface area (Å²) in [5.41, 5.74) is 2.67. The standard InChI is InChI=1S/C27H33FN2O3S/c1-18-11-15-34-26(18)4-3-13-30-14-10-19(23(17-30)27(31)32)5-7-24(28)21-9-12-29-25-8-6-20(33-2)16-22(21)25/h6,8-9,11-12,15-16,19,23-24H,3-5,7,10,13-14,17H2,1-2H3,(H,31,32)/t19-,23+,24-/m1/s1. The maximum Gasteiger partial charge on any atom is 0.308 e. The summed E-state index contributed by atoms with van der Waals surface area (Å²) in [7, 11) is 1.59. The summed E-state index contributed by atoms with van der Waals surface area (Å²) in [6.45, 7) is 4.48. The highest BCUT2D eigenvalue weighted by Crippen LogP contribution is 2.35. The first-order valence-electron chi connectivity index (χ1n) is 12.0. The van der Waals surface area contributed by atoms with E-state index in [-0.39, 0.29) is 5.92 Å². The second-order valence-electron chi connectivity index (χ2n) is 9.25. The van der Waals surface area contributed by atoms with E-state index in [0.717, 1.165) is 43.3 Å². The number of halogens is 1. The number of methoxy groups -OCH3 is 1. The van der Waals surface area contributed by atoms with Crippen LogP contribution in [0.15, 0.2) is 41.9 Å². The van der Waals surface area contributed by atoms with Gasteiger partial charge in [0.25, 0.3) is 0 Å². The molecule has 3 atom stereocenters. The van der Waals surface area contributed by atoms with Crippen LogP contribution in [0.3, 0.4) is 0 Å². The molecule has 1 fully saturated rings. The maximum atomic E-state index is 15.4. The predicted molar refractivity (Wildman–Crippen MR) is 134 cm³/mol. The molecule has 0 radical (unpaired) electrons. The molecule has 1 aliphatic rings. The lowest BCUT2D eigenvalue weighted by atomic mass is 9.81. The molecule has 0 aliphatic carbocycles.